The number of hydrogen-bond acceptors (Lipinski definition) is 6. The van der Waals surface area contributed by atoms with Crippen molar-refractivity contribution in [3.8, 4) is 0 Å². The first-order valence-electron chi connectivity index (χ1n) is 9.21. The van der Waals surface area contributed by atoms with Gasteiger partial charge in [-0.1, -0.05) is 6.42 Å². The molecular formula is C19H27N5O2. The Morgan fingerprint density at radius 1 is 1.27 bits per heavy atom. The van der Waals surface area contributed by atoms with Gasteiger partial charge in [0, 0.05) is 31.4 Å². The molecule has 7 nitrogen and oxygen atoms in total. The molecule has 1 aliphatic rings. The summed E-state index contributed by atoms with van der Waals surface area (Å²) in [5.74, 6) is -0.107. The van der Waals surface area contributed by atoms with Gasteiger partial charge in [0.2, 0.25) is 5.91 Å². The molecule has 1 saturated heterocycles. The Labute approximate surface area is 153 Å². The molecule has 5 N–H and O–H groups in total. The summed E-state index contributed by atoms with van der Waals surface area (Å²) < 4.78 is 0. The molecule has 0 bridgehead atoms. The monoisotopic (exact) mass is 357 g/mol. The molecular weight excluding hydrogens is 330 g/mol. The molecule has 3 rings (SSSR count). The first-order chi connectivity index (χ1) is 12.6. The normalized spacial score (nSPS) is 21.3. The van der Waals surface area contributed by atoms with Crippen LogP contribution in [0, 0.1) is 5.92 Å². The van der Waals surface area contributed by atoms with E-state index in [1.807, 2.05) is 18.2 Å². The number of nitrogens with zero attached hydrogens (tertiary/aromatic N) is 3. The van der Waals surface area contributed by atoms with Crippen molar-refractivity contribution in [2.45, 2.75) is 37.8 Å². The molecule has 0 aliphatic carbocycles. The number of β-amino-alcohol motifs (C(OH)–C–C–N with tert-alkyl or cyclic N) is 1. The molecule has 0 spiro atoms. The van der Waals surface area contributed by atoms with Crippen LogP contribution in [-0.2, 0) is 11.2 Å². The highest BCUT2D eigenvalue weighted by Gasteiger charge is 2.35. The van der Waals surface area contributed by atoms with E-state index >= 15 is 0 Å². The minimum Gasteiger partial charge on any atom is -0.391 e. The molecule has 26 heavy (non-hydrogen) atoms. The molecule has 7 heteroatoms. The fourth-order valence-corrected chi connectivity index (χ4v) is 3.58. The van der Waals surface area contributed by atoms with Crippen LogP contribution in [0.25, 0.3) is 11.0 Å². The van der Waals surface area contributed by atoms with Crippen molar-refractivity contribution in [3.63, 3.8) is 0 Å². The van der Waals surface area contributed by atoms with Gasteiger partial charge in [0.15, 0.2) is 0 Å². The van der Waals surface area contributed by atoms with E-state index in [1.54, 1.807) is 17.3 Å². The fraction of sp³-hybridized carbons (Fsp3) is 0.526. The van der Waals surface area contributed by atoms with Gasteiger partial charge in [0.1, 0.15) is 0 Å². The van der Waals surface area contributed by atoms with Crippen LogP contribution >= 0.6 is 0 Å². The maximum atomic E-state index is 12.5. The Balaban J connectivity index is 1.64. The van der Waals surface area contributed by atoms with Gasteiger partial charge in [-0.25, -0.2) is 0 Å². The van der Waals surface area contributed by atoms with Gasteiger partial charge >= 0.3 is 0 Å². The van der Waals surface area contributed by atoms with E-state index in [9.17, 15) is 9.90 Å². The molecule has 0 saturated carbocycles. The minimum atomic E-state index is -0.554. The van der Waals surface area contributed by atoms with Crippen molar-refractivity contribution in [1.29, 1.82) is 0 Å². The predicted octanol–water partition coefficient (Wildman–Crippen LogP) is 0.448. The Bertz CT molecular complexity index is 748. The molecule has 0 unspecified atom stereocenters. The summed E-state index contributed by atoms with van der Waals surface area (Å²) in [7, 11) is 0. The molecule has 140 valence electrons. The number of aromatic nitrogens is 2. The number of carbonyl (C=O) groups is 1. The Hall–Kier alpha value is -2.09. The van der Waals surface area contributed by atoms with Crippen molar-refractivity contribution in [2.24, 2.45) is 17.4 Å². The predicted molar refractivity (Wildman–Crippen MR) is 100 cm³/mol. The van der Waals surface area contributed by atoms with Crippen molar-refractivity contribution < 1.29 is 9.90 Å². The molecule has 0 radical (unpaired) electrons. The van der Waals surface area contributed by atoms with Gasteiger partial charge in [0.25, 0.3) is 0 Å². The van der Waals surface area contributed by atoms with Crippen LogP contribution in [-0.4, -0.2) is 57.7 Å². The van der Waals surface area contributed by atoms with Crippen molar-refractivity contribution in [3.05, 3.63) is 36.2 Å². The maximum Gasteiger partial charge on any atom is 0.239 e. The zero-order valence-electron chi connectivity index (χ0n) is 14.9. The van der Waals surface area contributed by atoms with Gasteiger partial charge in [0.05, 0.1) is 23.2 Å². The minimum absolute atomic E-state index is 0.0252. The van der Waals surface area contributed by atoms with E-state index < -0.39 is 12.1 Å². The quantitative estimate of drug-likeness (QED) is 0.619. The molecule has 0 aromatic carbocycles. The standard InChI is InChI=1S/C19H27N5O2/c20-7-2-1-4-15(21)19(26)24-11-14(17(25)12-24)10-13-6-9-22-16-5-3-8-23-18(13)16/h3,5-6,8-9,14-15,17,25H,1-2,4,7,10-12,20-21H2/t14-,15-,17+/m0/s1. The highest BCUT2D eigenvalue weighted by Crippen LogP contribution is 2.25. The maximum absolute atomic E-state index is 12.5. The van der Waals surface area contributed by atoms with Crippen LogP contribution in [0.15, 0.2) is 30.6 Å². The lowest BCUT2D eigenvalue weighted by Gasteiger charge is -2.20. The van der Waals surface area contributed by atoms with Crippen LogP contribution in [0.3, 0.4) is 0 Å². The number of pyridine rings is 2. The summed E-state index contributed by atoms with van der Waals surface area (Å²) in [6.07, 6.45) is 5.95. The van der Waals surface area contributed by atoms with E-state index in [1.165, 1.54) is 0 Å². The smallest absolute Gasteiger partial charge is 0.239 e. The molecule has 1 amide bonds. The molecule has 3 atom stereocenters. The van der Waals surface area contributed by atoms with Crippen LogP contribution in [0.1, 0.15) is 24.8 Å². The summed E-state index contributed by atoms with van der Waals surface area (Å²) in [6.45, 7) is 1.46. The van der Waals surface area contributed by atoms with E-state index in [4.69, 9.17) is 11.5 Å². The van der Waals surface area contributed by atoms with Gasteiger partial charge in [-0.05, 0) is 49.6 Å². The number of carbonyl (C=O) groups excluding carboxylic acids is 1. The molecule has 2 aromatic rings. The van der Waals surface area contributed by atoms with Crippen LogP contribution in [0.2, 0.25) is 0 Å². The second kappa shape index (κ2) is 8.53. The van der Waals surface area contributed by atoms with E-state index in [0.717, 1.165) is 29.4 Å². The number of aliphatic hydroxyl groups excluding tert-OH is 1. The second-order valence-corrected chi connectivity index (χ2v) is 7.01. The van der Waals surface area contributed by atoms with E-state index in [2.05, 4.69) is 9.97 Å². The third-order valence-electron chi connectivity index (χ3n) is 5.07. The van der Waals surface area contributed by atoms with Crippen molar-refractivity contribution >= 4 is 16.9 Å². The van der Waals surface area contributed by atoms with Gasteiger partial charge in [-0.15, -0.1) is 0 Å². The number of hydrogen-bond donors (Lipinski definition) is 3. The molecule has 3 heterocycles. The van der Waals surface area contributed by atoms with Crippen LogP contribution < -0.4 is 11.5 Å². The van der Waals surface area contributed by atoms with Gasteiger partial charge < -0.3 is 21.5 Å². The summed E-state index contributed by atoms with van der Waals surface area (Å²) in [5, 5.41) is 10.5. The van der Waals surface area contributed by atoms with Crippen molar-refractivity contribution in [1.82, 2.24) is 14.9 Å². The lowest BCUT2D eigenvalue weighted by atomic mass is 9.96. The third-order valence-corrected chi connectivity index (χ3v) is 5.07. The number of nitrogens with two attached hydrogens (primary N) is 2. The number of unbranched alkanes of at least 4 members (excludes halogenated alkanes) is 1. The highest BCUT2D eigenvalue weighted by atomic mass is 16.3. The summed E-state index contributed by atoms with van der Waals surface area (Å²) in [5.41, 5.74) is 14.2. The van der Waals surface area contributed by atoms with Gasteiger partial charge in [-0.3, -0.25) is 14.8 Å². The molecule has 2 aromatic heterocycles. The van der Waals surface area contributed by atoms with Crippen molar-refractivity contribution in [2.75, 3.05) is 19.6 Å². The first-order valence-corrected chi connectivity index (χ1v) is 9.21. The number of fused-ring (bicyclic) bond motifs is 1. The SMILES string of the molecule is NCCCC[C@H](N)C(=O)N1C[C@H](Cc2ccnc3cccnc23)[C@H](O)C1. The lowest BCUT2D eigenvalue weighted by molar-refractivity contribution is -0.132. The highest BCUT2D eigenvalue weighted by molar-refractivity contribution is 5.82. The Kier molecular flexibility index (Phi) is 6.13. The average molecular weight is 357 g/mol. The Morgan fingerprint density at radius 2 is 2.12 bits per heavy atom. The fourth-order valence-electron chi connectivity index (χ4n) is 3.58. The largest absolute Gasteiger partial charge is 0.391 e. The molecule has 1 fully saturated rings. The van der Waals surface area contributed by atoms with Gasteiger partial charge in [-0.2, -0.15) is 0 Å². The number of aliphatic hydroxyl groups is 1. The number of amides is 1. The second-order valence-electron chi connectivity index (χ2n) is 7.01. The summed E-state index contributed by atoms with van der Waals surface area (Å²) in [4.78, 5) is 23.0. The summed E-state index contributed by atoms with van der Waals surface area (Å²) >= 11 is 0. The molecule has 1 aliphatic heterocycles. The number of rotatable bonds is 7. The summed E-state index contributed by atoms with van der Waals surface area (Å²) in [6, 6.07) is 5.20. The topological polar surface area (TPSA) is 118 Å². The zero-order chi connectivity index (χ0) is 18.5. The number of likely N-dealkylation sites (tertiary alicyclic amines) is 1. The lowest BCUT2D eigenvalue weighted by Crippen LogP contribution is -2.43. The van der Waals surface area contributed by atoms with Crippen LogP contribution in [0.4, 0.5) is 0 Å². The van der Waals surface area contributed by atoms with E-state index in [0.29, 0.717) is 32.5 Å². The van der Waals surface area contributed by atoms with Crippen LogP contribution in [0.5, 0.6) is 0 Å². The third kappa shape index (κ3) is 4.17. The zero-order valence-corrected chi connectivity index (χ0v) is 14.9. The van der Waals surface area contributed by atoms with E-state index in [-0.39, 0.29) is 11.8 Å². The first kappa shape index (κ1) is 18.7. The Morgan fingerprint density at radius 3 is 2.92 bits per heavy atom. The average Bonchev–Trinajstić information content (AvgIpc) is 3.02.